The quantitative estimate of drug-likeness (QED) is 0.499. The molecule has 3 aliphatic heterocycles. The second kappa shape index (κ2) is 7.44. The monoisotopic (exact) mass is 474 g/mol. The van der Waals surface area contributed by atoms with Gasteiger partial charge in [-0.25, -0.2) is 22.4 Å². The maximum atomic E-state index is 14.6. The molecule has 1 aromatic carbocycles. The molecule has 34 heavy (non-hydrogen) atoms. The van der Waals surface area contributed by atoms with Gasteiger partial charge in [0.1, 0.15) is 23.9 Å². The van der Waals surface area contributed by atoms with E-state index in [0.29, 0.717) is 12.5 Å². The molecular weight excluding hydrogens is 456 g/mol. The van der Waals surface area contributed by atoms with Crippen LogP contribution in [0.2, 0.25) is 0 Å². The van der Waals surface area contributed by atoms with Crippen LogP contribution in [0.3, 0.4) is 0 Å². The van der Waals surface area contributed by atoms with Crippen molar-refractivity contribution in [2.45, 2.75) is 38.0 Å². The molecule has 0 amide bonds. The van der Waals surface area contributed by atoms with Crippen molar-refractivity contribution in [3.05, 3.63) is 69.9 Å². The first-order valence-corrected chi connectivity index (χ1v) is 10.7. The van der Waals surface area contributed by atoms with Crippen molar-refractivity contribution in [3.8, 4) is 17.4 Å². The molecule has 2 aromatic heterocycles. The number of nitrogens with zero attached hydrogens (tertiary/aromatic N) is 4. The average Bonchev–Trinajstić information content (AvgIpc) is 3.41. The van der Waals surface area contributed by atoms with Gasteiger partial charge in [-0.05, 0) is 42.5 Å². The van der Waals surface area contributed by atoms with Crippen molar-refractivity contribution >= 4 is 5.82 Å². The zero-order chi connectivity index (χ0) is 23.6. The summed E-state index contributed by atoms with van der Waals surface area (Å²) in [5.74, 6) is -1.48. The van der Waals surface area contributed by atoms with E-state index in [1.165, 1.54) is 6.07 Å². The number of anilines is 1. The van der Waals surface area contributed by atoms with Crippen LogP contribution < -0.4 is 20.1 Å². The topological polar surface area (TPSA) is 69.5 Å². The van der Waals surface area contributed by atoms with Gasteiger partial charge in [-0.3, -0.25) is 9.55 Å². The number of hydrogen-bond donors (Lipinski definition) is 0. The van der Waals surface area contributed by atoms with E-state index in [1.54, 1.807) is 10.6 Å². The molecule has 2 bridgehead atoms. The summed E-state index contributed by atoms with van der Waals surface area (Å²) in [6.07, 6.45) is 0.356. The highest BCUT2D eigenvalue weighted by atomic mass is 19.3. The summed E-state index contributed by atoms with van der Waals surface area (Å²) >= 11 is 0. The number of alkyl halides is 2. The third-order valence-corrected chi connectivity index (χ3v) is 6.69. The first kappa shape index (κ1) is 20.9. The molecule has 0 unspecified atom stereocenters. The van der Waals surface area contributed by atoms with Crippen LogP contribution in [0.15, 0.2) is 41.3 Å². The Kier molecular flexibility index (Phi) is 4.58. The van der Waals surface area contributed by atoms with Crippen LogP contribution in [0.25, 0.3) is 0 Å². The lowest BCUT2D eigenvalue weighted by atomic mass is 9.74. The molecule has 0 radical (unpaired) electrons. The summed E-state index contributed by atoms with van der Waals surface area (Å²) in [4.78, 5) is 22.2. The second-order valence-electron chi connectivity index (χ2n) is 8.93. The number of hydrogen-bond acceptors (Lipinski definition) is 6. The number of benzene rings is 1. The van der Waals surface area contributed by atoms with E-state index >= 15 is 0 Å². The lowest BCUT2D eigenvalue weighted by Crippen LogP contribution is -2.44. The Labute approximate surface area is 190 Å². The number of ether oxygens (including phenoxy) is 2. The summed E-state index contributed by atoms with van der Waals surface area (Å²) < 4.78 is 67.1. The molecule has 0 atom stereocenters. The number of pyridine rings is 1. The minimum atomic E-state index is -2.85. The predicted octanol–water partition coefficient (Wildman–Crippen LogP) is 4.21. The number of rotatable bonds is 6. The van der Waals surface area contributed by atoms with Gasteiger partial charge in [0.2, 0.25) is 5.88 Å². The zero-order valence-electron chi connectivity index (χ0n) is 17.7. The van der Waals surface area contributed by atoms with Crippen LogP contribution in [0.4, 0.5) is 23.4 Å². The molecule has 7 rings (SSSR count). The Balaban J connectivity index is 1.19. The molecule has 3 fully saturated rings. The molecule has 7 nitrogen and oxygen atoms in total. The summed E-state index contributed by atoms with van der Waals surface area (Å²) in [5, 5.41) is 0. The van der Waals surface area contributed by atoms with Crippen molar-refractivity contribution in [2.24, 2.45) is 5.92 Å². The molecule has 1 spiro atoms. The van der Waals surface area contributed by atoms with E-state index in [4.69, 9.17) is 9.47 Å². The highest BCUT2D eigenvalue weighted by Gasteiger charge is 2.60. The minimum Gasteiger partial charge on any atom is -0.473 e. The van der Waals surface area contributed by atoms with E-state index in [9.17, 15) is 22.4 Å². The maximum Gasteiger partial charge on any atom is 0.352 e. The van der Waals surface area contributed by atoms with Gasteiger partial charge in [-0.2, -0.15) is 4.98 Å². The van der Waals surface area contributed by atoms with Gasteiger partial charge in [-0.1, -0.05) is 0 Å². The first-order valence-electron chi connectivity index (χ1n) is 10.7. The van der Waals surface area contributed by atoms with Crippen molar-refractivity contribution in [3.63, 3.8) is 0 Å². The van der Waals surface area contributed by atoms with E-state index < -0.39 is 35.2 Å². The molecule has 0 N–H and O–H groups in total. The first-order chi connectivity index (χ1) is 16.3. The van der Waals surface area contributed by atoms with Gasteiger partial charge in [0.05, 0.1) is 12.1 Å². The van der Waals surface area contributed by atoms with E-state index in [-0.39, 0.29) is 29.3 Å². The Bertz CT molecular complexity index is 1330. The molecule has 4 aliphatic rings. The summed E-state index contributed by atoms with van der Waals surface area (Å²) in [5.41, 5.74) is -0.823. The normalized spacial score (nSPS) is 21.9. The highest BCUT2D eigenvalue weighted by molar-refractivity contribution is 5.54. The number of halogens is 4. The van der Waals surface area contributed by atoms with Gasteiger partial charge in [0, 0.05) is 24.9 Å². The molecule has 11 heteroatoms. The summed E-state index contributed by atoms with van der Waals surface area (Å²) in [6, 6.07) is 5.84. The smallest absolute Gasteiger partial charge is 0.352 e. The Morgan fingerprint density at radius 3 is 2.65 bits per heavy atom. The van der Waals surface area contributed by atoms with Crippen molar-refractivity contribution in [2.75, 3.05) is 11.4 Å². The molecular formula is C23H18F4N4O3. The third-order valence-electron chi connectivity index (χ3n) is 6.69. The highest BCUT2D eigenvalue weighted by Crippen LogP contribution is 2.56. The van der Waals surface area contributed by atoms with Gasteiger partial charge in [-0.15, -0.1) is 0 Å². The van der Waals surface area contributed by atoms with Crippen molar-refractivity contribution in [1.82, 2.24) is 14.5 Å². The van der Waals surface area contributed by atoms with Crippen LogP contribution in [0.5, 0.6) is 17.4 Å². The lowest BCUT2D eigenvalue weighted by Gasteiger charge is -2.37. The summed E-state index contributed by atoms with van der Waals surface area (Å²) in [6.45, 7) is 1.29. The Morgan fingerprint density at radius 2 is 1.91 bits per heavy atom. The fourth-order valence-corrected chi connectivity index (χ4v) is 5.26. The lowest BCUT2D eigenvalue weighted by molar-refractivity contribution is 0.145. The van der Waals surface area contributed by atoms with Gasteiger partial charge in [0.15, 0.2) is 17.4 Å². The molecule has 1 saturated carbocycles. The second-order valence-corrected chi connectivity index (χ2v) is 8.93. The van der Waals surface area contributed by atoms with Crippen molar-refractivity contribution < 1.29 is 27.0 Å². The predicted molar refractivity (Wildman–Crippen MR) is 111 cm³/mol. The number of aromatic nitrogens is 3. The standard InChI is InChI=1S/C23H18F4N4O3/c24-15-3-12(4-16(25)20(15)34-14-1-2-28-17(5-14)21(26)27)10-33-18-6-19-30(22(32)29-18)11-23-7-13(8-23)9-31(19)23/h1-6,13,21H,7-11H2. The zero-order valence-corrected chi connectivity index (χ0v) is 17.7. The fraction of sp³-hybridized carbons (Fsp3) is 0.348. The van der Waals surface area contributed by atoms with Gasteiger partial charge in [0.25, 0.3) is 6.43 Å². The van der Waals surface area contributed by atoms with Crippen molar-refractivity contribution in [1.29, 1.82) is 0 Å². The largest absolute Gasteiger partial charge is 0.473 e. The molecule has 5 heterocycles. The molecule has 176 valence electrons. The fourth-order valence-electron chi connectivity index (χ4n) is 5.26. The average molecular weight is 474 g/mol. The van der Waals surface area contributed by atoms with Gasteiger partial charge < -0.3 is 14.4 Å². The van der Waals surface area contributed by atoms with Crippen LogP contribution in [-0.4, -0.2) is 26.6 Å². The van der Waals surface area contributed by atoms with Crippen LogP contribution >= 0.6 is 0 Å². The SMILES string of the molecule is O=c1nc(OCc2cc(F)c(Oc3ccnc(C(F)F)c3)c(F)c2)cc2n1CC13CC(CN21)C3. The Hall–Kier alpha value is -3.63. The Morgan fingerprint density at radius 1 is 1.15 bits per heavy atom. The van der Waals surface area contributed by atoms with Crippen LogP contribution in [0.1, 0.15) is 30.5 Å². The number of fused-ring (bicyclic) bond motifs is 1. The molecule has 1 aliphatic carbocycles. The molecule has 3 aromatic rings. The maximum absolute atomic E-state index is 14.6. The minimum absolute atomic E-state index is 0.0180. The van der Waals surface area contributed by atoms with E-state index in [2.05, 4.69) is 14.9 Å². The van der Waals surface area contributed by atoms with E-state index in [0.717, 1.165) is 49.6 Å². The van der Waals surface area contributed by atoms with E-state index in [1.807, 2.05) is 0 Å². The van der Waals surface area contributed by atoms with Crippen LogP contribution in [0, 0.1) is 17.6 Å². The third kappa shape index (κ3) is 3.29. The molecule has 2 saturated heterocycles. The van der Waals surface area contributed by atoms with Gasteiger partial charge >= 0.3 is 5.69 Å². The van der Waals surface area contributed by atoms with Crippen LogP contribution in [-0.2, 0) is 13.2 Å². The summed E-state index contributed by atoms with van der Waals surface area (Å²) in [7, 11) is 0.